The maximum Gasteiger partial charge on any atom is 0.191 e. The molecule has 0 aromatic heterocycles. The van der Waals surface area contributed by atoms with Crippen LogP contribution in [0.15, 0.2) is 23.2 Å². The lowest BCUT2D eigenvalue weighted by Crippen LogP contribution is -2.72. The number of aliphatic imine (C=N–C) groups is 1. The van der Waals surface area contributed by atoms with E-state index in [-0.39, 0.29) is 6.04 Å². The van der Waals surface area contributed by atoms with Crippen LogP contribution in [-0.2, 0) is 4.74 Å². The van der Waals surface area contributed by atoms with Crippen molar-refractivity contribution in [2.24, 2.45) is 16.3 Å². The second kappa shape index (κ2) is 7.23. The molecule has 1 aromatic carbocycles. The van der Waals surface area contributed by atoms with E-state index in [1.165, 1.54) is 19.3 Å². The molecule has 2 saturated carbocycles. The summed E-state index contributed by atoms with van der Waals surface area (Å²) >= 11 is 0. The molecule has 0 amide bonds. The Morgan fingerprint density at radius 3 is 2.74 bits per heavy atom. The summed E-state index contributed by atoms with van der Waals surface area (Å²) in [6.45, 7) is 3.02. The van der Waals surface area contributed by atoms with Crippen LogP contribution in [-0.4, -0.2) is 46.0 Å². The van der Waals surface area contributed by atoms with Crippen molar-refractivity contribution in [2.75, 3.05) is 27.9 Å². The molecule has 1 aliphatic heterocycles. The summed E-state index contributed by atoms with van der Waals surface area (Å²) in [4.78, 5) is 4.49. The van der Waals surface area contributed by atoms with Gasteiger partial charge in [-0.05, 0) is 44.4 Å². The highest BCUT2D eigenvalue weighted by molar-refractivity contribution is 5.81. The molecule has 6 nitrogen and oxygen atoms in total. The summed E-state index contributed by atoms with van der Waals surface area (Å²) < 4.78 is 16.9. The largest absolute Gasteiger partial charge is 0.497 e. The minimum Gasteiger partial charge on any atom is -0.497 e. The highest BCUT2D eigenvalue weighted by Crippen LogP contribution is 2.62. The number of ether oxygens (including phenoxy) is 3. The zero-order chi connectivity index (χ0) is 19.0. The molecular weight excluding hydrogens is 342 g/mol. The fourth-order valence-electron chi connectivity index (χ4n) is 5.23. The topological polar surface area (TPSA) is 64.1 Å². The van der Waals surface area contributed by atoms with Crippen molar-refractivity contribution in [3.05, 3.63) is 23.8 Å². The first-order valence-electron chi connectivity index (χ1n) is 9.96. The highest BCUT2D eigenvalue weighted by atomic mass is 16.5. The average molecular weight is 373 g/mol. The number of hydrogen-bond donors (Lipinski definition) is 2. The quantitative estimate of drug-likeness (QED) is 0.614. The SMILES string of the molecule is CN=C(NC(C)c1cc(OC)ccc1OC)NC1C2CCOC2C12CCC2. The second-order valence-electron chi connectivity index (χ2n) is 8.00. The van der Waals surface area contributed by atoms with Crippen LogP contribution in [0.4, 0.5) is 0 Å². The number of hydrogen-bond acceptors (Lipinski definition) is 4. The van der Waals surface area contributed by atoms with E-state index in [9.17, 15) is 0 Å². The molecule has 3 fully saturated rings. The summed E-state index contributed by atoms with van der Waals surface area (Å²) in [5, 5.41) is 7.26. The third kappa shape index (κ3) is 2.94. The van der Waals surface area contributed by atoms with Gasteiger partial charge in [0.1, 0.15) is 11.5 Å². The third-order valence-corrected chi connectivity index (χ3v) is 6.81. The van der Waals surface area contributed by atoms with Gasteiger partial charge < -0.3 is 24.8 Å². The Kier molecular flexibility index (Phi) is 4.93. The lowest BCUT2D eigenvalue weighted by molar-refractivity contribution is -0.171. The van der Waals surface area contributed by atoms with E-state index in [0.29, 0.717) is 23.5 Å². The van der Waals surface area contributed by atoms with Crippen LogP contribution < -0.4 is 20.1 Å². The lowest BCUT2D eigenvalue weighted by Gasteiger charge is -2.63. The molecule has 2 aliphatic carbocycles. The average Bonchev–Trinajstić information content (AvgIpc) is 3.08. The van der Waals surface area contributed by atoms with Crippen LogP contribution in [0.25, 0.3) is 0 Å². The summed E-state index contributed by atoms with van der Waals surface area (Å²) in [6.07, 6.45) is 5.45. The Bertz CT molecular complexity index is 717. The first kappa shape index (κ1) is 18.4. The minimum atomic E-state index is 0.0364. The van der Waals surface area contributed by atoms with Gasteiger partial charge in [-0.15, -0.1) is 0 Å². The molecular formula is C21H31N3O3. The molecule has 4 unspecified atom stereocenters. The predicted molar refractivity (Wildman–Crippen MR) is 106 cm³/mol. The molecule has 1 saturated heterocycles. The Balaban J connectivity index is 1.47. The molecule has 1 heterocycles. The van der Waals surface area contributed by atoms with E-state index in [1.54, 1.807) is 14.2 Å². The highest BCUT2D eigenvalue weighted by Gasteiger charge is 2.66. The number of methoxy groups -OCH3 is 2. The maximum atomic E-state index is 6.03. The van der Waals surface area contributed by atoms with Gasteiger partial charge in [-0.1, -0.05) is 6.42 Å². The molecule has 6 heteroatoms. The standard InChI is InChI=1S/C21H31N3O3/c1-13(16-12-14(25-3)6-7-17(16)26-4)23-20(22-2)24-18-15-8-11-27-19(15)21(18)9-5-10-21/h6-7,12-13,15,18-19H,5,8-11H2,1-4H3,(H2,22,23,24). The molecule has 1 aromatic rings. The van der Waals surface area contributed by atoms with Crippen LogP contribution in [0.5, 0.6) is 11.5 Å². The number of nitrogens with zero attached hydrogens (tertiary/aromatic N) is 1. The van der Waals surface area contributed by atoms with E-state index in [1.807, 2.05) is 25.2 Å². The van der Waals surface area contributed by atoms with Crippen LogP contribution in [0.2, 0.25) is 0 Å². The van der Waals surface area contributed by atoms with Gasteiger partial charge in [0, 0.05) is 36.6 Å². The van der Waals surface area contributed by atoms with E-state index >= 15 is 0 Å². The van der Waals surface area contributed by atoms with Crippen LogP contribution in [0, 0.1) is 11.3 Å². The normalized spacial score (nSPS) is 29.3. The van der Waals surface area contributed by atoms with Crippen molar-refractivity contribution in [3.63, 3.8) is 0 Å². The zero-order valence-corrected chi connectivity index (χ0v) is 16.7. The molecule has 148 valence electrons. The van der Waals surface area contributed by atoms with Gasteiger partial charge in [-0.3, -0.25) is 4.99 Å². The summed E-state index contributed by atoms with van der Waals surface area (Å²) in [5.74, 6) is 3.12. The van der Waals surface area contributed by atoms with Gasteiger partial charge in [-0.2, -0.15) is 0 Å². The van der Waals surface area contributed by atoms with Crippen molar-refractivity contribution in [1.82, 2.24) is 10.6 Å². The second-order valence-corrected chi connectivity index (χ2v) is 8.00. The number of fused-ring (bicyclic) bond motifs is 2. The molecule has 0 bridgehead atoms. The van der Waals surface area contributed by atoms with Crippen molar-refractivity contribution < 1.29 is 14.2 Å². The van der Waals surface area contributed by atoms with E-state index in [2.05, 4.69) is 22.5 Å². The Morgan fingerprint density at radius 1 is 1.30 bits per heavy atom. The minimum absolute atomic E-state index is 0.0364. The zero-order valence-electron chi connectivity index (χ0n) is 16.7. The molecule has 27 heavy (non-hydrogen) atoms. The number of rotatable bonds is 5. The smallest absolute Gasteiger partial charge is 0.191 e. The Hall–Kier alpha value is -1.95. The summed E-state index contributed by atoms with van der Waals surface area (Å²) in [5.41, 5.74) is 1.38. The lowest BCUT2D eigenvalue weighted by atomic mass is 9.46. The number of benzene rings is 1. The number of nitrogens with one attached hydrogen (secondary N) is 2. The van der Waals surface area contributed by atoms with Crippen molar-refractivity contribution >= 4 is 5.96 Å². The summed E-state index contributed by atoms with van der Waals surface area (Å²) in [7, 11) is 5.21. The van der Waals surface area contributed by atoms with Crippen LogP contribution in [0.1, 0.15) is 44.2 Å². The van der Waals surface area contributed by atoms with E-state index in [0.717, 1.165) is 36.0 Å². The molecule has 3 aliphatic rings. The van der Waals surface area contributed by atoms with Gasteiger partial charge in [-0.25, -0.2) is 0 Å². The molecule has 2 N–H and O–H groups in total. The van der Waals surface area contributed by atoms with E-state index < -0.39 is 0 Å². The first-order chi connectivity index (χ1) is 13.1. The summed E-state index contributed by atoms with van der Waals surface area (Å²) in [6, 6.07) is 6.37. The van der Waals surface area contributed by atoms with Gasteiger partial charge >= 0.3 is 0 Å². The van der Waals surface area contributed by atoms with Gasteiger partial charge in [0.05, 0.1) is 26.4 Å². The number of guanidine groups is 1. The van der Waals surface area contributed by atoms with Crippen molar-refractivity contribution in [3.8, 4) is 11.5 Å². The van der Waals surface area contributed by atoms with Crippen molar-refractivity contribution in [1.29, 1.82) is 0 Å². The molecule has 4 rings (SSSR count). The Labute approximate surface area is 161 Å². The predicted octanol–water partition coefficient (Wildman–Crippen LogP) is 2.89. The van der Waals surface area contributed by atoms with Crippen LogP contribution in [0.3, 0.4) is 0 Å². The first-order valence-corrected chi connectivity index (χ1v) is 9.96. The molecule has 4 atom stereocenters. The fourth-order valence-corrected chi connectivity index (χ4v) is 5.23. The van der Waals surface area contributed by atoms with Gasteiger partial charge in [0.2, 0.25) is 0 Å². The van der Waals surface area contributed by atoms with Crippen molar-refractivity contribution in [2.45, 2.75) is 50.8 Å². The van der Waals surface area contributed by atoms with Gasteiger partial charge in [0.25, 0.3) is 0 Å². The van der Waals surface area contributed by atoms with E-state index in [4.69, 9.17) is 14.2 Å². The Morgan fingerprint density at radius 2 is 2.11 bits per heavy atom. The fraction of sp³-hybridized carbons (Fsp3) is 0.667. The maximum absolute atomic E-state index is 6.03. The van der Waals surface area contributed by atoms with Crippen LogP contribution >= 0.6 is 0 Å². The van der Waals surface area contributed by atoms with Gasteiger partial charge in [0.15, 0.2) is 5.96 Å². The molecule has 1 spiro atoms. The monoisotopic (exact) mass is 373 g/mol. The molecule has 0 radical (unpaired) electrons. The third-order valence-electron chi connectivity index (χ3n) is 6.81.